The second kappa shape index (κ2) is 10.5. The van der Waals surface area contributed by atoms with Crippen LogP contribution in [0.1, 0.15) is 16.7 Å². The number of hydrogen-bond acceptors (Lipinski definition) is 6. The maximum atomic E-state index is 13.4. The highest BCUT2D eigenvalue weighted by Crippen LogP contribution is 2.30. The summed E-state index contributed by atoms with van der Waals surface area (Å²) in [4.78, 5) is 10.7. The average molecular weight is 479 g/mol. The summed E-state index contributed by atoms with van der Waals surface area (Å²) < 4.78 is 39.1. The molecule has 0 bridgehead atoms. The van der Waals surface area contributed by atoms with Crippen molar-refractivity contribution in [1.82, 2.24) is 4.31 Å². The van der Waals surface area contributed by atoms with Crippen molar-refractivity contribution >= 4 is 27.0 Å². The summed E-state index contributed by atoms with van der Waals surface area (Å²) in [5, 5.41) is 11.5. The summed E-state index contributed by atoms with van der Waals surface area (Å²) >= 11 is 0. The molecule has 3 aromatic carbocycles. The molecule has 1 aromatic heterocycles. The molecule has 0 amide bonds. The normalized spacial score (nSPS) is 11.7. The van der Waals surface area contributed by atoms with Gasteiger partial charge in [0.2, 0.25) is 10.0 Å². The summed E-state index contributed by atoms with van der Waals surface area (Å²) in [5.74, 6) is -1.12. The fourth-order valence-corrected chi connectivity index (χ4v) is 5.26. The molecule has 0 saturated carbocycles. The van der Waals surface area contributed by atoms with Gasteiger partial charge in [-0.05, 0) is 29.2 Å². The van der Waals surface area contributed by atoms with Crippen LogP contribution in [0.3, 0.4) is 0 Å². The molecule has 176 valence electrons. The second-order valence-electron chi connectivity index (χ2n) is 7.87. The Balaban J connectivity index is 1.56. The summed E-state index contributed by atoms with van der Waals surface area (Å²) in [6, 6.07) is 23.8. The Morgan fingerprint density at radius 1 is 0.912 bits per heavy atom. The number of rotatable bonds is 11. The maximum Gasteiger partial charge on any atom is 0.218 e. The molecule has 8 heteroatoms. The summed E-state index contributed by atoms with van der Waals surface area (Å²) in [5.41, 5.74) is 2.85. The third-order valence-electron chi connectivity index (χ3n) is 5.41. The number of fused-ring (bicyclic) bond motifs is 1. The van der Waals surface area contributed by atoms with Crippen molar-refractivity contribution in [1.29, 1.82) is 0 Å². The van der Waals surface area contributed by atoms with Gasteiger partial charge in [0.15, 0.2) is 11.3 Å². The Morgan fingerprint density at radius 2 is 1.59 bits per heavy atom. The molecule has 0 atom stereocenters. The molecule has 0 N–H and O–H groups in total. The number of furan rings is 1. The molecule has 0 radical (unpaired) electrons. The van der Waals surface area contributed by atoms with Crippen LogP contribution in [0.2, 0.25) is 0 Å². The lowest BCUT2D eigenvalue weighted by Crippen LogP contribution is -2.33. The molecule has 0 unspecified atom stereocenters. The molecule has 7 nitrogen and oxygen atoms in total. The molecule has 4 rings (SSSR count). The van der Waals surface area contributed by atoms with Gasteiger partial charge in [-0.3, -0.25) is 0 Å². The summed E-state index contributed by atoms with van der Waals surface area (Å²) in [6.07, 6.45) is 1.97. The number of carboxylic acid groups (broad SMARTS) is 1. The van der Waals surface area contributed by atoms with Crippen LogP contribution in [0.4, 0.5) is 0 Å². The van der Waals surface area contributed by atoms with Gasteiger partial charge in [-0.2, -0.15) is 4.31 Å². The highest BCUT2D eigenvalue weighted by Gasteiger charge is 2.23. The van der Waals surface area contributed by atoms with E-state index in [0.717, 1.165) is 22.1 Å². The molecular formula is C26H24NO6S-. The minimum atomic E-state index is -3.60. The molecule has 34 heavy (non-hydrogen) atoms. The quantitative estimate of drug-likeness (QED) is 0.328. The lowest BCUT2D eigenvalue weighted by Gasteiger charge is -2.22. The molecule has 0 aliphatic rings. The van der Waals surface area contributed by atoms with Crippen molar-refractivity contribution in [3.63, 3.8) is 0 Å². The Labute approximate surface area is 198 Å². The van der Waals surface area contributed by atoms with Crippen molar-refractivity contribution in [2.24, 2.45) is 0 Å². The molecule has 0 spiro atoms. The highest BCUT2D eigenvalue weighted by atomic mass is 32.2. The predicted octanol–water partition coefficient (Wildman–Crippen LogP) is 3.14. The van der Waals surface area contributed by atoms with Gasteiger partial charge in [-0.25, -0.2) is 8.42 Å². The first-order chi connectivity index (χ1) is 16.4. The molecule has 0 saturated heterocycles. The van der Waals surface area contributed by atoms with E-state index in [2.05, 4.69) is 0 Å². The van der Waals surface area contributed by atoms with Crippen molar-refractivity contribution in [3.8, 4) is 5.75 Å². The van der Waals surface area contributed by atoms with Crippen LogP contribution in [-0.2, 0) is 33.5 Å². The van der Waals surface area contributed by atoms with E-state index >= 15 is 0 Å². The van der Waals surface area contributed by atoms with E-state index in [4.69, 9.17) is 9.15 Å². The number of benzene rings is 3. The smallest absolute Gasteiger partial charge is 0.218 e. The standard InChI is InChI=1S/C26H25NO6S/c28-25(29)18-32-24-13-7-12-23-22(17-33-26(23)24)14-15-27(16-20-8-3-1-4-9-20)34(30,31)19-21-10-5-2-6-11-21/h1-13,17H,14-16,18-19H2,(H,28,29)/p-1. The Kier molecular flexibility index (Phi) is 7.30. The van der Waals surface area contributed by atoms with Gasteiger partial charge in [0, 0.05) is 18.5 Å². The Bertz CT molecular complexity index is 1350. The van der Waals surface area contributed by atoms with Gasteiger partial charge in [-0.15, -0.1) is 0 Å². The van der Waals surface area contributed by atoms with E-state index in [1.54, 1.807) is 30.5 Å². The first-order valence-electron chi connectivity index (χ1n) is 10.8. The molecular weight excluding hydrogens is 454 g/mol. The zero-order valence-corrected chi connectivity index (χ0v) is 19.2. The van der Waals surface area contributed by atoms with Crippen LogP contribution < -0.4 is 9.84 Å². The number of sulfonamides is 1. The van der Waals surface area contributed by atoms with E-state index in [0.29, 0.717) is 17.8 Å². The minimum Gasteiger partial charge on any atom is -0.546 e. The van der Waals surface area contributed by atoms with E-state index in [9.17, 15) is 18.3 Å². The lowest BCUT2D eigenvalue weighted by atomic mass is 10.1. The molecule has 4 aromatic rings. The van der Waals surface area contributed by atoms with Crippen molar-refractivity contribution in [2.75, 3.05) is 13.2 Å². The van der Waals surface area contributed by atoms with Crippen LogP contribution in [-0.4, -0.2) is 31.8 Å². The lowest BCUT2D eigenvalue weighted by molar-refractivity contribution is -0.307. The third-order valence-corrected chi connectivity index (χ3v) is 7.20. The van der Waals surface area contributed by atoms with E-state index in [1.165, 1.54) is 4.31 Å². The monoisotopic (exact) mass is 478 g/mol. The van der Waals surface area contributed by atoms with Crippen molar-refractivity contribution < 1.29 is 27.5 Å². The number of aliphatic carboxylic acids is 1. The minimum absolute atomic E-state index is 0.0893. The average Bonchev–Trinajstić information content (AvgIpc) is 3.25. The number of carboxylic acids is 1. The van der Waals surface area contributed by atoms with Gasteiger partial charge < -0.3 is 19.1 Å². The maximum absolute atomic E-state index is 13.4. The summed E-state index contributed by atoms with van der Waals surface area (Å²) in [6.45, 7) is -0.0771. The zero-order chi connectivity index (χ0) is 24.0. The van der Waals surface area contributed by atoms with Crippen LogP contribution in [0, 0.1) is 0 Å². The largest absolute Gasteiger partial charge is 0.546 e. The van der Waals surface area contributed by atoms with Crippen LogP contribution in [0.5, 0.6) is 5.75 Å². The van der Waals surface area contributed by atoms with Crippen LogP contribution >= 0.6 is 0 Å². The number of carbonyl (C=O) groups is 1. The van der Waals surface area contributed by atoms with Gasteiger partial charge in [-0.1, -0.05) is 72.8 Å². The van der Waals surface area contributed by atoms with Gasteiger partial charge in [0.1, 0.15) is 6.61 Å². The number of hydrogen-bond donors (Lipinski definition) is 0. The van der Waals surface area contributed by atoms with Gasteiger partial charge >= 0.3 is 0 Å². The van der Waals surface area contributed by atoms with Crippen molar-refractivity contribution in [2.45, 2.75) is 18.7 Å². The van der Waals surface area contributed by atoms with E-state index < -0.39 is 22.6 Å². The van der Waals surface area contributed by atoms with Gasteiger partial charge in [0.25, 0.3) is 0 Å². The molecule has 0 aliphatic carbocycles. The SMILES string of the molecule is O=C([O-])COc1cccc2c(CCN(Cc3ccccc3)S(=O)(=O)Cc3ccccc3)coc12. The highest BCUT2D eigenvalue weighted by molar-refractivity contribution is 7.88. The van der Waals surface area contributed by atoms with Gasteiger partial charge in [0.05, 0.1) is 18.0 Å². The number of carbonyl (C=O) groups excluding carboxylic acids is 1. The van der Waals surface area contributed by atoms with E-state index in [1.807, 2.05) is 54.6 Å². The first-order valence-corrected chi connectivity index (χ1v) is 12.4. The third kappa shape index (κ3) is 5.84. The molecule has 0 aliphatic heterocycles. The first kappa shape index (κ1) is 23.5. The number of ether oxygens (including phenoxy) is 1. The molecule has 1 heterocycles. The number of nitrogens with zero attached hydrogens (tertiary/aromatic N) is 1. The molecule has 0 fully saturated rings. The van der Waals surface area contributed by atoms with E-state index in [-0.39, 0.29) is 18.8 Å². The zero-order valence-electron chi connectivity index (χ0n) is 18.4. The Morgan fingerprint density at radius 3 is 2.26 bits per heavy atom. The second-order valence-corrected chi connectivity index (χ2v) is 9.83. The van der Waals surface area contributed by atoms with Crippen LogP contribution in [0.25, 0.3) is 11.0 Å². The van der Waals surface area contributed by atoms with Crippen molar-refractivity contribution in [3.05, 3.63) is 102 Å². The predicted molar refractivity (Wildman–Crippen MR) is 126 cm³/mol. The number of para-hydroxylation sites is 1. The fourth-order valence-electron chi connectivity index (χ4n) is 3.75. The summed E-state index contributed by atoms with van der Waals surface area (Å²) in [7, 11) is -3.60. The van der Waals surface area contributed by atoms with Crippen LogP contribution in [0.15, 0.2) is 89.5 Å². The Hall–Kier alpha value is -3.62. The fraction of sp³-hybridized carbons (Fsp3) is 0.192. The topological polar surface area (TPSA) is 99.9 Å².